The normalized spacial score (nSPS) is 13.0. The second kappa shape index (κ2) is 12.8. The van der Waals surface area contributed by atoms with E-state index in [1.54, 1.807) is 12.1 Å². The van der Waals surface area contributed by atoms with Crippen LogP contribution < -0.4 is 5.32 Å². The molecule has 10 nitrogen and oxygen atoms in total. The number of rotatable bonds is 13. The lowest BCUT2D eigenvalue weighted by Crippen LogP contribution is -2.16. The summed E-state index contributed by atoms with van der Waals surface area (Å²) in [6, 6.07) is 12.6. The maximum absolute atomic E-state index is 11.1. The van der Waals surface area contributed by atoms with Gasteiger partial charge >= 0.3 is 8.25 Å². The second-order valence-corrected chi connectivity index (χ2v) is 9.51. The monoisotopic (exact) mass is 506 g/mol. The summed E-state index contributed by atoms with van der Waals surface area (Å²) in [6.07, 6.45) is 1.39. The van der Waals surface area contributed by atoms with Crippen LogP contribution in [0.2, 0.25) is 0 Å². The van der Waals surface area contributed by atoms with Gasteiger partial charge in [-0.2, -0.15) is 0 Å². The first-order valence-electron chi connectivity index (χ1n) is 10.8. The van der Waals surface area contributed by atoms with Crippen molar-refractivity contribution in [1.29, 1.82) is 0 Å². The number of non-ortho nitro benzene ring substituents is 1. The number of nitro groups is 1. The number of benzene rings is 2. The number of thioether (sulfide) groups is 1. The minimum Gasteiger partial charge on any atom is -0.411 e. The van der Waals surface area contributed by atoms with Gasteiger partial charge in [-0.25, -0.2) is 0 Å². The highest BCUT2D eigenvalue weighted by molar-refractivity contribution is 7.99. The molecular weight excluding hydrogens is 479 g/mol. The van der Waals surface area contributed by atoms with E-state index >= 15 is 0 Å². The van der Waals surface area contributed by atoms with Crippen LogP contribution >= 0.6 is 20.0 Å². The molecule has 2 unspecified atom stereocenters. The summed E-state index contributed by atoms with van der Waals surface area (Å²) in [5, 5.41) is 23.1. The first kappa shape index (κ1) is 26.1. The van der Waals surface area contributed by atoms with Crippen molar-refractivity contribution in [3.05, 3.63) is 69.3 Å². The number of nitrogens with one attached hydrogen (secondary N) is 1. The number of aryl methyl sites for hydroxylation is 1. The summed E-state index contributed by atoms with van der Waals surface area (Å²) < 4.78 is 21.1. The Morgan fingerprint density at radius 1 is 1.29 bits per heavy atom. The Labute approximate surface area is 202 Å². The molecule has 2 aromatic carbocycles. The fourth-order valence-electron chi connectivity index (χ4n) is 3.38. The minimum absolute atomic E-state index is 0.0493. The second-order valence-electron chi connectivity index (χ2n) is 7.53. The van der Waals surface area contributed by atoms with E-state index in [1.165, 1.54) is 17.8 Å². The molecule has 0 amide bonds. The van der Waals surface area contributed by atoms with Gasteiger partial charge in [0.1, 0.15) is 0 Å². The average Bonchev–Trinajstić information content (AvgIpc) is 3.28. The van der Waals surface area contributed by atoms with E-state index in [4.69, 9.17) is 9.31 Å². The summed E-state index contributed by atoms with van der Waals surface area (Å²) in [6.45, 7) is 5.55. The Hall–Kier alpha value is -2.56. The molecule has 0 saturated heterocycles. The molecule has 2 atom stereocenters. The van der Waals surface area contributed by atoms with Gasteiger partial charge in [0.05, 0.1) is 11.5 Å². The third-order valence-electron chi connectivity index (χ3n) is 5.05. The maximum atomic E-state index is 11.1. The highest BCUT2D eigenvalue weighted by Crippen LogP contribution is 2.39. The molecule has 0 saturated carbocycles. The van der Waals surface area contributed by atoms with Gasteiger partial charge < -0.3 is 19.2 Å². The minimum atomic E-state index is -2.86. The van der Waals surface area contributed by atoms with E-state index < -0.39 is 13.2 Å². The van der Waals surface area contributed by atoms with Crippen LogP contribution in [-0.4, -0.2) is 33.2 Å². The number of hydrogen-bond donors (Lipinski definition) is 2. The van der Waals surface area contributed by atoms with Gasteiger partial charge in [0, 0.05) is 29.5 Å². The maximum Gasteiger partial charge on any atom is 0.316 e. The summed E-state index contributed by atoms with van der Waals surface area (Å²) in [5.41, 5.74) is 3.82. The molecule has 0 spiro atoms. The lowest BCUT2D eigenvalue weighted by Gasteiger charge is -2.12. The lowest BCUT2D eigenvalue weighted by molar-refractivity contribution is -0.384. The molecule has 3 aromatic rings. The van der Waals surface area contributed by atoms with Gasteiger partial charge in [-0.1, -0.05) is 43.0 Å². The van der Waals surface area contributed by atoms with Crippen molar-refractivity contribution < 1.29 is 23.3 Å². The van der Waals surface area contributed by atoms with Gasteiger partial charge in [0.2, 0.25) is 5.89 Å². The van der Waals surface area contributed by atoms with E-state index in [2.05, 4.69) is 20.0 Å². The fraction of sp³-hybridized carbons (Fsp3) is 0.364. The number of hydrogen-bond acceptors (Lipinski definition) is 9. The highest BCUT2D eigenvalue weighted by Gasteiger charge is 2.19. The number of nitrogens with zero attached hydrogens (tertiary/aromatic N) is 3. The van der Waals surface area contributed by atoms with Gasteiger partial charge in [0.25, 0.3) is 10.9 Å². The molecule has 182 valence electrons. The SMILES string of the molecule is CCC(Sc1nnc(-c2ccc(CNCCCO[PH](=O)O)cc2C)o1)c1cccc([N+](=O)[O-])c1. The van der Waals surface area contributed by atoms with E-state index in [0.29, 0.717) is 30.6 Å². The Bertz CT molecular complexity index is 1140. The molecule has 1 aromatic heterocycles. The van der Waals surface area contributed by atoms with Crippen LogP contribution in [0.25, 0.3) is 11.5 Å². The van der Waals surface area contributed by atoms with Crippen LogP contribution in [0.3, 0.4) is 0 Å². The average molecular weight is 507 g/mol. The van der Waals surface area contributed by atoms with Crippen LogP contribution in [0.15, 0.2) is 52.1 Å². The molecule has 34 heavy (non-hydrogen) atoms. The van der Waals surface area contributed by atoms with Crippen LogP contribution in [0, 0.1) is 17.0 Å². The molecule has 2 N–H and O–H groups in total. The molecule has 0 radical (unpaired) electrons. The number of aromatic nitrogens is 2. The highest BCUT2D eigenvalue weighted by atomic mass is 32.2. The zero-order valence-electron chi connectivity index (χ0n) is 18.9. The molecule has 1 heterocycles. The van der Waals surface area contributed by atoms with Crippen molar-refractivity contribution in [3.63, 3.8) is 0 Å². The summed E-state index contributed by atoms with van der Waals surface area (Å²) in [7, 11) is -2.86. The van der Waals surface area contributed by atoms with Crippen LogP contribution in [0.5, 0.6) is 0 Å². The Balaban J connectivity index is 1.61. The molecular formula is C22H27N4O6PS. The van der Waals surface area contributed by atoms with E-state index in [-0.39, 0.29) is 17.5 Å². The first-order chi connectivity index (χ1) is 16.4. The molecule has 3 rings (SSSR count). The topological polar surface area (TPSA) is 141 Å². The first-order valence-corrected chi connectivity index (χ1v) is 12.9. The van der Waals surface area contributed by atoms with Gasteiger partial charge in [-0.05, 0) is 49.1 Å². The zero-order chi connectivity index (χ0) is 24.5. The van der Waals surface area contributed by atoms with Crippen LogP contribution in [-0.2, 0) is 15.6 Å². The Morgan fingerprint density at radius 3 is 2.82 bits per heavy atom. The van der Waals surface area contributed by atoms with E-state index in [9.17, 15) is 14.7 Å². The van der Waals surface area contributed by atoms with E-state index in [0.717, 1.165) is 28.7 Å². The summed E-state index contributed by atoms with van der Waals surface area (Å²) in [4.78, 5) is 19.3. The lowest BCUT2D eigenvalue weighted by atomic mass is 10.1. The third-order valence-corrected chi connectivity index (χ3v) is 6.75. The predicted octanol–water partition coefficient (Wildman–Crippen LogP) is 5.07. The van der Waals surface area contributed by atoms with Crippen molar-refractivity contribution in [1.82, 2.24) is 15.5 Å². The predicted molar refractivity (Wildman–Crippen MR) is 130 cm³/mol. The van der Waals surface area contributed by atoms with Gasteiger partial charge in [-0.3, -0.25) is 14.7 Å². The molecule has 0 aliphatic heterocycles. The van der Waals surface area contributed by atoms with Crippen LogP contribution in [0.4, 0.5) is 5.69 Å². The molecule has 12 heteroatoms. The fourth-order valence-corrected chi connectivity index (χ4v) is 4.61. The van der Waals surface area contributed by atoms with Crippen molar-refractivity contribution in [2.24, 2.45) is 0 Å². The van der Waals surface area contributed by atoms with Crippen molar-refractivity contribution in [2.75, 3.05) is 13.2 Å². The number of nitro benzene ring substituents is 1. The molecule has 0 aliphatic carbocycles. The van der Waals surface area contributed by atoms with E-state index in [1.807, 2.05) is 38.1 Å². The third kappa shape index (κ3) is 7.48. The van der Waals surface area contributed by atoms with Crippen molar-refractivity contribution >= 4 is 25.7 Å². The standard InChI is InChI=1S/C22H27N4O6PS/c1-3-20(17-6-4-7-18(13-17)26(27)28)34-22-25-24-21(32-22)19-9-8-16(12-15(19)2)14-23-10-5-11-31-33(29)30/h4,6-9,12-13,20,23,33H,3,5,10-11,14H2,1-2H3,(H,29,30). The summed E-state index contributed by atoms with van der Waals surface area (Å²) >= 11 is 1.39. The zero-order valence-corrected chi connectivity index (χ0v) is 20.7. The van der Waals surface area contributed by atoms with Gasteiger partial charge in [-0.15, -0.1) is 10.2 Å². The van der Waals surface area contributed by atoms with Crippen molar-refractivity contribution in [2.45, 2.75) is 43.7 Å². The Morgan fingerprint density at radius 2 is 2.12 bits per heavy atom. The van der Waals surface area contributed by atoms with Gasteiger partial charge in [0.15, 0.2) is 0 Å². The molecule has 0 bridgehead atoms. The van der Waals surface area contributed by atoms with Crippen molar-refractivity contribution in [3.8, 4) is 11.5 Å². The molecule has 0 aliphatic rings. The molecule has 0 fully saturated rings. The Kier molecular flexibility index (Phi) is 9.79. The largest absolute Gasteiger partial charge is 0.411 e. The smallest absolute Gasteiger partial charge is 0.316 e. The quantitative estimate of drug-likeness (QED) is 0.106. The van der Waals surface area contributed by atoms with Crippen LogP contribution in [0.1, 0.15) is 41.7 Å². The summed E-state index contributed by atoms with van der Waals surface area (Å²) in [5.74, 6) is 0.421.